The Morgan fingerprint density at radius 3 is 2.74 bits per heavy atom. The highest BCUT2D eigenvalue weighted by atomic mass is 79.9. The van der Waals surface area contributed by atoms with E-state index in [1.165, 1.54) is 23.1 Å². The maximum Gasteiger partial charge on any atom is 0.415 e. The zero-order valence-electron chi connectivity index (χ0n) is 10.6. The molecule has 0 bridgehead atoms. The summed E-state index contributed by atoms with van der Waals surface area (Å²) in [6, 6.07) is 3.97. The Kier molecular flexibility index (Phi) is 5.05. The molecule has 0 spiro atoms. The van der Waals surface area contributed by atoms with Crippen LogP contribution in [0.1, 0.15) is 6.92 Å². The lowest BCUT2D eigenvalue weighted by molar-refractivity contribution is -0.384. The number of nitrogens with zero attached hydrogens (tertiary/aromatic N) is 2. The van der Waals surface area contributed by atoms with Gasteiger partial charge >= 0.3 is 6.09 Å². The summed E-state index contributed by atoms with van der Waals surface area (Å²) in [5, 5.41) is 10.7. The van der Waals surface area contributed by atoms with E-state index >= 15 is 0 Å². The number of hydrogen-bond donors (Lipinski definition) is 0. The van der Waals surface area contributed by atoms with Gasteiger partial charge in [0.2, 0.25) is 0 Å². The first-order valence-electron chi connectivity index (χ1n) is 5.32. The number of non-ortho nitro benzene ring substituents is 1. The highest BCUT2D eigenvalue weighted by Crippen LogP contribution is 2.29. The molecule has 19 heavy (non-hydrogen) atoms. The van der Waals surface area contributed by atoms with Gasteiger partial charge < -0.3 is 9.64 Å². The van der Waals surface area contributed by atoms with Crippen LogP contribution in [-0.2, 0) is 0 Å². The highest BCUT2D eigenvalue weighted by molar-refractivity contribution is 9.10. The van der Waals surface area contributed by atoms with Crippen molar-refractivity contribution in [3.63, 3.8) is 0 Å². The molecule has 7 heteroatoms. The molecule has 1 aromatic rings. The minimum Gasteiger partial charge on any atom is -0.409 e. The van der Waals surface area contributed by atoms with Gasteiger partial charge in [-0.2, -0.15) is 0 Å². The molecule has 0 N–H and O–H groups in total. The molecule has 1 aromatic carbocycles. The van der Waals surface area contributed by atoms with Crippen molar-refractivity contribution in [3.8, 4) is 5.75 Å². The average molecular weight is 329 g/mol. The van der Waals surface area contributed by atoms with E-state index in [0.717, 1.165) is 5.57 Å². The first-order valence-corrected chi connectivity index (χ1v) is 6.12. The van der Waals surface area contributed by atoms with Gasteiger partial charge in [-0.1, -0.05) is 12.2 Å². The second-order valence-electron chi connectivity index (χ2n) is 4.05. The number of carbonyl (C=O) groups excluding carboxylic acids is 1. The van der Waals surface area contributed by atoms with Crippen molar-refractivity contribution in [2.24, 2.45) is 0 Å². The molecule has 0 atom stereocenters. The van der Waals surface area contributed by atoms with E-state index in [0.29, 0.717) is 11.0 Å². The summed E-state index contributed by atoms with van der Waals surface area (Å²) < 4.78 is 5.56. The fourth-order valence-corrected chi connectivity index (χ4v) is 1.65. The largest absolute Gasteiger partial charge is 0.415 e. The van der Waals surface area contributed by atoms with Crippen molar-refractivity contribution in [1.82, 2.24) is 4.90 Å². The number of hydrogen-bond acceptors (Lipinski definition) is 4. The molecule has 0 saturated carbocycles. The number of amides is 1. The van der Waals surface area contributed by atoms with Crippen LogP contribution < -0.4 is 4.74 Å². The van der Waals surface area contributed by atoms with Crippen molar-refractivity contribution < 1.29 is 14.5 Å². The summed E-state index contributed by atoms with van der Waals surface area (Å²) in [7, 11) is 1.56. The van der Waals surface area contributed by atoms with Gasteiger partial charge in [0.1, 0.15) is 0 Å². The molecule has 0 aliphatic heterocycles. The van der Waals surface area contributed by atoms with Crippen molar-refractivity contribution >= 4 is 27.7 Å². The average Bonchev–Trinajstić information content (AvgIpc) is 2.30. The first-order chi connectivity index (χ1) is 8.81. The Bertz CT molecular complexity index is 530. The number of ether oxygens (including phenoxy) is 1. The van der Waals surface area contributed by atoms with Crippen LogP contribution in [0.4, 0.5) is 10.5 Å². The minimum atomic E-state index is -0.607. The fourth-order valence-electron chi connectivity index (χ4n) is 1.33. The molecule has 0 aliphatic carbocycles. The van der Waals surface area contributed by atoms with Gasteiger partial charge in [-0.15, -0.1) is 0 Å². The zero-order valence-corrected chi connectivity index (χ0v) is 12.1. The third-order valence-corrected chi connectivity index (χ3v) is 2.80. The van der Waals surface area contributed by atoms with Gasteiger partial charge in [-0.25, -0.2) is 4.79 Å². The zero-order chi connectivity index (χ0) is 14.6. The third kappa shape index (κ3) is 4.36. The number of carbonyl (C=O) groups is 1. The molecule has 0 fully saturated rings. The molecule has 0 radical (unpaired) electrons. The van der Waals surface area contributed by atoms with E-state index in [-0.39, 0.29) is 11.4 Å². The summed E-state index contributed by atoms with van der Waals surface area (Å²) >= 11 is 3.17. The highest BCUT2D eigenvalue weighted by Gasteiger charge is 2.16. The van der Waals surface area contributed by atoms with Crippen LogP contribution in [0.2, 0.25) is 0 Å². The van der Waals surface area contributed by atoms with Gasteiger partial charge in [0.05, 0.1) is 15.5 Å². The maximum absolute atomic E-state index is 11.8. The van der Waals surface area contributed by atoms with E-state index in [1.54, 1.807) is 14.0 Å². The molecular formula is C12H13BrN2O4. The van der Waals surface area contributed by atoms with Crippen LogP contribution in [0.25, 0.3) is 0 Å². The smallest absolute Gasteiger partial charge is 0.409 e. The van der Waals surface area contributed by atoms with Crippen LogP contribution in [0.3, 0.4) is 0 Å². The standard InChI is InChI=1S/C12H13BrN2O4/c1-8(2)7-14(3)12(16)19-11-6-9(15(17)18)4-5-10(11)13/h4-6H,1,7H2,2-3H3. The Balaban J connectivity index is 2.86. The van der Waals surface area contributed by atoms with Gasteiger partial charge in [0.25, 0.3) is 5.69 Å². The SMILES string of the molecule is C=C(C)CN(C)C(=O)Oc1cc([N+](=O)[O-])ccc1Br. The number of nitro groups is 1. The topological polar surface area (TPSA) is 72.7 Å². The van der Waals surface area contributed by atoms with Gasteiger partial charge in [-0.3, -0.25) is 10.1 Å². The molecule has 0 unspecified atom stereocenters. The minimum absolute atomic E-state index is 0.104. The number of rotatable bonds is 4. The normalized spacial score (nSPS) is 9.84. The Morgan fingerprint density at radius 1 is 1.58 bits per heavy atom. The van der Waals surface area contributed by atoms with Gasteiger partial charge in [-0.05, 0) is 28.9 Å². The molecule has 0 heterocycles. The summed E-state index contributed by atoms with van der Waals surface area (Å²) in [6.45, 7) is 5.83. The van der Waals surface area contributed by atoms with Crippen molar-refractivity contribution in [2.45, 2.75) is 6.92 Å². The van der Waals surface area contributed by atoms with E-state index in [1.807, 2.05) is 0 Å². The van der Waals surface area contributed by atoms with Gasteiger partial charge in [0.15, 0.2) is 5.75 Å². The predicted molar refractivity (Wildman–Crippen MR) is 74.3 cm³/mol. The second kappa shape index (κ2) is 6.33. The van der Waals surface area contributed by atoms with Gasteiger partial charge in [0, 0.05) is 19.7 Å². The Morgan fingerprint density at radius 2 is 2.21 bits per heavy atom. The van der Waals surface area contributed by atoms with E-state index in [4.69, 9.17) is 4.74 Å². The molecule has 102 valence electrons. The number of likely N-dealkylation sites (N-methyl/N-ethyl adjacent to an activating group) is 1. The number of nitro benzene ring substituents is 1. The Hall–Kier alpha value is -1.89. The van der Waals surface area contributed by atoms with E-state index < -0.39 is 11.0 Å². The van der Waals surface area contributed by atoms with E-state index in [9.17, 15) is 14.9 Å². The maximum atomic E-state index is 11.8. The van der Waals surface area contributed by atoms with Crippen molar-refractivity contribution in [3.05, 3.63) is 44.9 Å². The van der Waals surface area contributed by atoms with Crippen molar-refractivity contribution in [1.29, 1.82) is 0 Å². The molecule has 6 nitrogen and oxygen atoms in total. The molecule has 0 saturated heterocycles. The lowest BCUT2D eigenvalue weighted by Crippen LogP contribution is -2.31. The molecular weight excluding hydrogens is 316 g/mol. The summed E-state index contributed by atoms with van der Waals surface area (Å²) in [4.78, 5) is 23.2. The summed E-state index contributed by atoms with van der Waals surface area (Å²) in [5.41, 5.74) is 0.658. The molecule has 0 aliphatic rings. The summed E-state index contributed by atoms with van der Waals surface area (Å²) in [5.74, 6) is 0.104. The predicted octanol–water partition coefficient (Wildman–Crippen LogP) is 3.36. The third-order valence-electron chi connectivity index (χ3n) is 2.14. The van der Waals surface area contributed by atoms with Crippen LogP contribution in [0, 0.1) is 10.1 Å². The van der Waals surface area contributed by atoms with E-state index in [2.05, 4.69) is 22.5 Å². The monoisotopic (exact) mass is 328 g/mol. The van der Waals surface area contributed by atoms with Crippen molar-refractivity contribution in [2.75, 3.05) is 13.6 Å². The molecule has 0 aromatic heterocycles. The molecule has 1 amide bonds. The lowest BCUT2D eigenvalue weighted by Gasteiger charge is -2.17. The fraction of sp³-hybridized carbons (Fsp3) is 0.250. The van der Waals surface area contributed by atoms with Crippen LogP contribution in [0.5, 0.6) is 5.75 Å². The Labute approximate surface area is 118 Å². The lowest BCUT2D eigenvalue weighted by atomic mass is 10.3. The quantitative estimate of drug-likeness (QED) is 0.482. The number of benzene rings is 1. The second-order valence-corrected chi connectivity index (χ2v) is 4.91. The number of halogens is 1. The van der Waals surface area contributed by atoms with Crippen LogP contribution in [0.15, 0.2) is 34.8 Å². The molecule has 1 rings (SSSR count). The summed E-state index contributed by atoms with van der Waals surface area (Å²) in [6.07, 6.45) is -0.607. The first kappa shape index (κ1) is 15.2. The van der Waals surface area contributed by atoms with Crippen LogP contribution in [-0.4, -0.2) is 29.5 Å². The van der Waals surface area contributed by atoms with Crippen LogP contribution >= 0.6 is 15.9 Å².